The summed E-state index contributed by atoms with van der Waals surface area (Å²) in [6, 6.07) is 13.5. The van der Waals surface area contributed by atoms with Crippen LogP contribution in [0.4, 0.5) is 0 Å². The van der Waals surface area contributed by atoms with Crippen LogP contribution >= 0.6 is 0 Å². The SMILES string of the molecule is O=C(CCCn1nnc2ccccc2c1=O)NC(Cc1c[nH]c2ccccc12)C(=O)O. The van der Waals surface area contributed by atoms with Crippen LogP contribution in [0.15, 0.2) is 59.5 Å². The molecule has 0 aliphatic rings. The van der Waals surface area contributed by atoms with Crippen LogP contribution in [0.3, 0.4) is 0 Å². The molecule has 1 amide bonds. The zero-order valence-corrected chi connectivity index (χ0v) is 16.6. The topological polar surface area (TPSA) is 130 Å². The molecule has 3 N–H and O–H groups in total. The van der Waals surface area contributed by atoms with Crippen LogP contribution in [0.2, 0.25) is 0 Å². The van der Waals surface area contributed by atoms with E-state index < -0.39 is 17.9 Å². The highest BCUT2D eigenvalue weighted by Gasteiger charge is 2.21. The summed E-state index contributed by atoms with van der Waals surface area (Å²) in [5, 5.41) is 21.4. The van der Waals surface area contributed by atoms with E-state index >= 15 is 0 Å². The highest BCUT2D eigenvalue weighted by molar-refractivity contribution is 5.86. The number of aryl methyl sites for hydroxylation is 1. The molecular formula is C22H21N5O4. The average Bonchev–Trinajstić information content (AvgIpc) is 3.18. The van der Waals surface area contributed by atoms with E-state index in [-0.39, 0.29) is 24.9 Å². The fourth-order valence-electron chi connectivity index (χ4n) is 3.55. The Morgan fingerprint density at radius 2 is 1.84 bits per heavy atom. The molecule has 9 nitrogen and oxygen atoms in total. The van der Waals surface area contributed by atoms with Crippen LogP contribution in [0, 0.1) is 0 Å². The van der Waals surface area contributed by atoms with E-state index in [2.05, 4.69) is 20.6 Å². The molecule has 2 aromatic carbocycles. The van der Waals surface area contributed by atoms with Gasteiger partial charge in [-0.15, -0.1) is 5.10 Å². The predicted octanol–water partition coefficient (Wildman–Crippen LogP) is 1.87. The van der Waals surface area contributed by atoms with Crippen molar-refractivity contribution in [2.75, 3.05) is 0 Å². The van der Waals surface area contributed by atoms with Gasteiger partial charge in [0.2, 0.25) is 5.91 Å². The van der Waals surface area contributed by atoms with Gasteiger partial charge >= 0.3 is 5.97 Å². The number of nitrogens with zero attached hydrogens (tertiary/aromatic N) is 3. The Balaban J connectivity index is 1.36. The zero-order valence-electron chi connectivity index (χ0n) is 16.6. The van der Waals surface area contributed by atoms with E-state index in [4.69, 9.17) is 0 Å². The first-order chi connectivity index (χ1) is 15.0. The summed E-state index contributed by atoms with van der Waals surface area (Å²) in [4.78, 5) is 39.5. The van der Waals surface area contributed by atoms with Crippen molar-refractivity contribution in [3.05, 3.63) is 70.6 Å². The third-order valence-electron chi connectivity index (χ3n) is 5.14. The second kappa shape index (κ2) is 8.78. The van der Waals surface area contributed by atoms with Crippen molar-refractivity contribution < 1.29 is 14.7 Å². The number of aromatic amines is 1. The predicted molar refractivity (Wildman–Crippen MR) is 115 cm³/mol. The molecule has 1 unspecified atom stereocenters. The number of rotatable bonds is 8. The second-order valence-corrected chi connectivity index (χ2v) is 7.26. The monoisotopic (exact) mass is 419 g/mol. The number of carbonyl (C=O) groups is 2. The van der Waals surface area contributed by atoms with E-state index in [1.54, 1.807) is 30.5 Å². The molecule has 158 valence electrons. The Bertz CT molecular complexity index is 1310. The molecule has 9 heteroatoms. The van der Waals surface area contributed by atoms with Crippen molar-refractivity contribution in [2.24, 2.45) is 0 Å². The molecule has 0 fully saturated rings. The van der Waals surface area contributed by atoms with Crippen LogP contribution in [-0.4, -0.2) is 43.0 Å². The van der Waals surface area contributed by atoms with Gasteiger partial charge in [0.25, 0.3) is 5.56 Å². The Hall–Kier alpha value is -4.01. The summed E-state index contributed by atoms with van der Waals surface area (Å²) in [6.45, 7) is 0.213. The third-order valence-corrected chi connectivity index (χ3v) is 5.14. The largest absolute Gasteiger partial charge is 0.480 e. The number of aromatic nitrogens is 4. The number of aliphatic carboxylic acids is 1. The van der Waals surface area contributed by atoms with E-state index in [1.165, 1.54) is 4.68 Å². The highest BCUT2D eigenvalue weighted by Crippen LogP contribution is 2.19. The smallest absolute Gasteiger partial charge is 0.326 e. The molecule has 1 atom stereocenters. The van der Waals surface area contributed by atoms with E-state index in [1.807, 2.05) is 24.3 Å². The van der Waals surface area contributed by atoms with Crippen LogP contribution in [0.1, 0.15) is 18.4 Å². The van der Waals surface area contributed by atoms with Crippen molar-refractivity contribution in [1.82, 2.24) is 25.3 Å². The standard InChI is InChI=1S/C22H21N5O4/c28-20(10-5-11-27-21(29)16-7-2-4-9-18(16)25-26-27)24-19(22(30)31)12-14-13-23-17-8-3-1-6-15(14)17/h1-4,6-9,13,19,23H,5,10-12H2,(H,24,28)(H,30,31). The van der Waals surface area contributed by atoms with Crippen molar-refractivity contribution >= 4 is 33.7 Å². The number of H-pyrrole nitrogens is 1. The minimum atomic E-state index is -1.10. The number of carboxylic acid groups (broad SMARTS) is 1. The number of para-hydroxylation sites is 1. The number of fused-ring (bicyclic) bond motifs is 2. The van der Waals surface area contributed by atoms with Gasteiger partial charge in [-0.05, 0) is 30.2 Å². The van der Waals surface area contributed by atoms with Gasteiger partial charge in [0.15, 0.2) is 0 Å². The first-order valence-corrected chi connectivity index (χ1v) is 9.92. The number of carbonyl (C=O) groups excluding carboxylic acids is 1. The lowest BCUT2D eigenvalue weighted by Crippen LogP contribution is -2.42. The summed E-state index contributed by atoms with van der Waals surface area (Å²) < 4.78 is 1.22. The number of carboxylic acids is 1. The Morgan fingerprint density at radius 1 is 1.10 bits per heavy atom. The number of nitrogens with one attached hydrogen (secondary N) is 2. The molecule has 2 heterocycles. The summed E-state index contributed by atoms with van der Waals surface area (Å²) in [6.07, 6.45) is 2.33. The van der Waals surface area contributed by atoms with Gasteiger partial charge in [0.05, 0.1) is 5.39 Å². The maximum Gasteiger partial charge on any atom is 0.326 e. The molecule has 31 heavy (non-hydrogen) atoms. The fraction of sp³-hybridized carbons (Fsp3) is 0.227. The maximum absolute atomic E-state index is 12.4. The van der Waals surface area contributed by atoms with Crippen molar-refractivity contribution in [3.63, 3.8) is 0 Å². The summed E-state index contributed by atoms with van der Waals surface area (Å²) >= 11 is 0. The summed E-state index contributed by atoms with van der Waals surface area (Å²) in [7, 11) is 0. The lowest BCUT2D eigenvalue weighted by atomic mass is 10.0. The van der Waals surface area contributed by atoms with Crippen molar-refractivity contribution in [3.8, 4) is 0 Å². The lowest BCUT2D eigenvalue weighted by Gasteiger charge is -2.14. The number of amides is 1. The Labute approximate surface area is 176 Å². The molecule has 0 radical (unpaired) electrons. The van der Waals surface area contributed by atoms with E-state index in [0.29, 0.717) is 17.3 Å². The zero-order chi connectivity index (χ0) is 21.8. The second-order valence-electron chi connectivity index (χ2n) is 7.26. The van der Waals surface area contributed by atoms with Gasteiger partial charge in [-0.3, -0.25) is 9.59 Å². The highest BCUT2D eigenvalue weighted by atomic mass is 16.4. The Morgan fingerprint density at radius 3 is 2.65 bits per heavy atom. The van der Waals surface area contributed by atoms with Gasteiger partial charge in [-0.1, -0.05) is 35.5 Å². The average molecular weight is 419 g/mol. The molecular weight excluding hydrogens is 398 g/mol. The molecule has 0 saturated heterocycles. The van der Waals surface area contributed by atoms with Crippen LogP contribution in [0.25, 0.3) is 21.8 Å². The van der Waals surface area contributed by atoms with Crippen LogP contribution in [-0.2, 0) is 22.6 Å². The normalized spacial score (nSPS) is 12.1. The molecule has 0 aliphatic heterocycles. The van der Waals surface area contributed by atoms with Gasteiger partial charge in [-0.25, -0.2) is 9.48 Å². The van der Waals surface area contributed by atoms with E-state index in [9.17, 15) is 19.5 Å². The van der Waals surface area contributed by atoms with Gasteiger partial charge < -0.3 is 15.4 Å². The van der Waals surface area contributed by atoms with Crippen molar-refractivity contribution in [1.29, 1.82) is 0 Å². The molecule has 4 rings (SSSR count). The van der Waals surface area contributed by atoms with Gasteiger partial charge in [0.1, 0.15) is 11.6 Å². The summed E-state index contributed by atoms with van der Waals surface area (Å²) in [5.41, 5.74) is 1.98. The summed E-state index contributed by atoms with van der Waals surface area (Å²) in [5.74, 6) is -1.50. The number of benzene rings is 2. The molecule has 0 aliphatic carbocycles. The number of hydrogen-bond donors (Lipinski definition) is 3. The molecule has 2 aromatic heterocycles. The van der Waals surface area contributed by atoms with E-state index in [0.717, 1.165) is 16.5 Å². The first-order valence-electron chi connectivity index (χ1n) is 9.92. The maximum atomic E-state index is 12.4. The lowest BCUT2D eigenvalue weighted by molar-refractivity contribution is -0.141. The molecule has 0 bridgehead atoms. The number of hydrogen-bond acceptors (Lipinski definition) is 5. The van der Waals surface area contributed by atoms with Crippen LogP contribution in [0.5, 0.6) is 0 Å². The molecule has 0 spiro atoms. The van der Waals surface area contributed by atoms with Gasteiger partial charge in [0, 0.05) is 36.5 Å². The molecule has 4 aromatic rings. The quantitative estimate of drug-likeness (QED) is 0.400. The Kier molecular flexibility index (Phi) is 5.74. The first kappa shape index (κ1) is 20.3. The fourth-order valence-corrected chi connectivity index (χ4v) is 3.55. The minimum absolute atomic E-state index is 0.0681. The van der Waals surface area contributed by atoms with Gasteiger partial charge in [-0.2, -0.15) is 0 Å². The molecule has 0 saturated carbocycles. The third kappa shape index (κ3) is 4.45. The van der Waals surface area contributed by atoms with Crippen LogP contribution < -0.4 is 10.9 Å². The van der Waals surface area contributed by atoms with Crippen molar-refractivity contribution in [2.45, 2.75) is 31.8 Å². The minimum Gasteiger partial charge on any atom is -0.480 e.